The molecule has 2 aromatic rings. The summed E-state index contributed by atoms with van der Waals surface area (Å²) in [5, 5.41) is 0. The zero-order valence-electron chi connectivity index (χ0n) is 9.24. The Morgan fingerprint density at radius 1 is 1.19 bits per heavy atom. The van der Waals surface area contributed by atoms with Crippen LogP contribution in [-0.2, 0) is 19.3 Å². The van der Waals surface area contributed by atoms with Gasteiger partial charge in [-0.1, -0.05) is 6.07 Å². The van der Waals surface area contributed by atoms with Crippen molar-refractivity contribution in [2.75, 3.05) is 0 Å². The first-order valence-electron chi connectivity index (χ1n) is 5.87. The number of H-pyrrole nitrogens is 1. The maximum Gasteiger partial charge on any atom is 0.0921 e. The van der Waals surface area contributed by atoms with Gasteiger partial charge in [0.25, 0.3) is 0 Å². The van der Waals surface area contributed by atoms with Gasteiger partial charge in [0, 0.05) is 29.7 Å². The van der Waals surface area contributed by atoms with E-state index in [-0.39, 0.29) is 0 Å². The standard InChI is InChI=1S/C13H15N3/c1-2-4-13-10(3-1)5-6-11(16-13)7-12-8-14-9-15-12/h5-6,8-9H,1-4,7H2,(H,14,15). The maximum atomic E-state index is 4.74. The molecule has 3 heteroatoms. The zero-order valence-corrected chi connectivity index (χ0v) is 9.24. The number of hydrogen-bond acceptors (Lipinski definition) is 2. The first-order chi connectivity index (χ1) is 7.92. The Hall–Kier alpha value is -1.64. The maximum absolute atomic E-state index is 4.74. The molecule has 2 heterocycles. The number of aromatic amines is 1. The monoisotopic (exact) mass is 213 g/mol. The number of aromatic nitrogens is 3. The summed E-state index contributed by atoms with van der Waals surface area (Å²) in [5.74, 6) is 0. The van der Waals surface area contributed by atoms with Crippen molar-refractivity contribution in [3.8, 4) is 0 Å². The van der Waals surface area contributed by atoms with Gasteiger partial charge in [0.1, 0.15) is 0 Å². The van der Waals surface area contributed by atoms with Crippen LogP contribution in [-0.4, -0.2) is 15.0 Å². The van der Waals surface area contributed by atoms with Crippen molar-refractivity contribution in [1.29, 1.82) is 0 Å². The molecule has 3 nitrogen and oxygen atoms in total. The smallest absolute Gasteiger partial charge is 0.0921 e. The highest BCUT2D eigenvalue weighted by molar-refractivity contribution is 5.26. The van der Waals surface area contributed by atoms with Gasteiger partial charge in [0.2, 0.25) is 0 Å². The van der Waals surface area contributed by atoms with E-state index in [0.717, 1.165) is 24.2 Å². The lowest BCUT2D eigenvalue weighted by atomic mass is 9.95. The van der Waals surface area contributed by atoms with Crippen LogP contribution in [0.25, 0.3) is 0 Å². The topological polar surface area (TPSA) is 41.6 Å². The zero-order chi connectivity index (χ0) is 10.8. The molecular formula is C13H15N3. The molecule has 0 unspecified atom stereocenters. The van der Waals surface area contributed by atoms with E-state index in [1.807, 2.05) is 6.20 Å². The number of nitrogens with zero attached hydrogens (tertiary/aromatic N) is 2. The highest BCUT2D eigenvalue weighted by Crippen LogP contribution is 2.20. The van der Waals surface area contributed by atoms with Crippen LogP contribution in [0.1, 0.15) is 35.5 Å². The Morgan fingerprint density at radius 3 is 3.00 bits per heavy atom. The van der Waals surface area contributed by atoms with E-state index in [1.54, 1.807) is 6.33 Å². The number of rotatable bonds is 2. The van der Waals surface area contributed by atoms with E-state index >= 15 is 0 Å². The van der Waals surface area contributed by atoms with Crippen molar-refractivity contribution in [1.82, 2.24) is 15.0 Å². The summed E-state index contributed by atoms with van der Waals surface area (Å²) >= 11 is 0. The molecule has 0 atom stereocenters. The molecule has 1 aliphatic carbocycles. The Kier molecular flexibility index (Phi) is 2.44. The normalized spacial score (nSPS) is 14.8. The predicted molar refractivity (Wildman–Crippen MR) is 62.3 cm³/mol. The van der Waals surface area contributed by atoms with Crippen LogP contribution >= 0.6 is 0 Å². The molecule has 1 N–H and O–H groups in total. The van der Waals surface area contributed by atoms with E-state index in [1.165, 1.54) is 30.5 Å². The Balaban J connectivity index is 1.86. The van der Waals surface area contributed by atoms with Crippen LogP contribution in [0.2, 0.25) is 0 Å². The van der Waals surface area contributed by atoms with Gasteiger partial charge in [-0.3, -0.25) is 4.98 Å². The lowest BCUT2D eigenvalue weighted by Gasteiger charge is -2.15. The van der Waals surface area contributed by atoms with Crippen LogP contribution in [0, 0.1) is 0 Å². The Labute approximate surface area is 95.0 Å². The Morgan fingerprint density at radius 2 is 2.12 bits per heavy atom. The van der Waals surface area contributed by atoms with Gasteiger partial charge in [-0.15, -0.1) is 0 Å². The van der Waals surface area contributed by atoms with Gasteiger partial charge in [-0.05, 0) is 37.3 Å². The van der Waals surface area contributed by atoms with Crippen LogP contribution in [0.15, 0.2) is 24.7 Å². The summed E-state index contributed by atoms with van der Waals surface area (Å²) in [7, 11) is 0. The van der Waals surface area contributed by atoms with Crippen molar-refractivity contribution >= 4 is 0 Å². The van der Waals surface area contributed by atoms with Crippen LogP contribution in [0.3, 0.4) is 0 Å². The second-order valence-corrected chi connectivity index (χ2v) is 4.37. The number of imidazole rings is 1. The van der Waals surface area contributed by atoms with Crippen LogP contribution in [0.5, 0.6) is 0 Å². The minimum atomic E-state index is 0.854. The van der Waals surface area contributed by atoms with Crippen molar-refractivity contribution in [2.24, 2.45) is 0 Å². The second-order valence-electron chi connectivity index (χ2n) is 4.37. The van der Waals surface area contributed by atoms with Crippen LogP contribution in [0.4, 0.5) is 0 Å². The molecule has 0 fully saturated rings. The summed E-state index contributed by atoms with van der Waals surface area (Å²) < 4.78 is 0. The molecule has 82 valence electrons. The second kappa shape index (κ2) is 4.08. The van der Waals surface area contributed by atoms with Gasteiger partial charge in [0.15, 0.2) is 0 Å². The number of hydrogen-bond donors (Lipinski definition) is 1. The highest BCUT2D eigenvalue weighted by Gasteiger charge is 2.11. The quantitative estimate of drug-likeness (QED) is 0.831. The summed E-state index contributed by atoms with van der Waals surface area (Å²) in [6.45, 7) is 0. The summed E-state index contributed by atoms with van der Waals surface area (Å²) in [6, 6.07) is 4.39. The molecular weight excluding hydrogens is 198 g/mol. The predicted octanol–water partition coefficient (Wildman–Crippen LogP) is 2.27. The number of pyridine rings is 1. The average molecular weight is 213 g/mol. The molecule has 0 bridgehead atoms. The SMILES string of the molecule is c1ncc(Cc2ccc3c(n2)CCCC3)[nH]1. The first-order valence-corrected chi connectivity index (χ1v) is 5.87. The van der Waals surface area contributed by atoms with Gasteiger partial charge in [-0.25, -0.2) is 4.98 Å². The largest absolute Gasteiger partial charge is 0.348 e. The molecule has 0 spiro atoms. The van der Waals surface area contributed by atoms with Gasteiger partial charge in [0.05, 0.1) is 6.33 Å². The third kappa shape index (κ3) is 1.85. The average Bonchev–Trinajstić information content (AvgIpc) is 2.82. The number of aryl methyl sites for hydroxylation is 2. The molecule has 0 aliphatic heterocycles. The van der Waals surface area contributed by atoms with Crippen molar-refractivity contribution in [3.63, 3.8) is 0 Å². The highest BCUT2D eigenvalue weighted by atomic mass is 14.9. The van der Waals surface area contributed by atoms with Crippen molar-refractivity contribution in [3.05, 3.63) is 47.3 Å². The molecule has 0 amide bonds. The minimum Gasteiger partial charge on any atom is -0.348 e. The minimum absolute atomic E-state index is 0.854. The van der Waals surface area contributed by atoms with Crippen molar-refractivity contribution < 1.29 is 0 Å². The van der Waals surface area contributed by atoms with Crippen LogP contribution < -0.4 is 0 Å². The van der Waals surface area contributed by atoms with Crippen molar-refractivity contribution in [2.45, 2.75) is 32.1 Å². The molecule has 0 saturated heterocycles. The first kappa shape index (κ1) is 9.58. The molecule has 0 radical (unpaired) electrons. The van der Waals surface area contributed by atoms with Gasteiger partial charge in [-0.2, -0.15) is 0 Å². The molecule has 0 aromatic carbocycles. The summed E-state index contributed by atoms with van der Waals surface area (Å²) in [5.41, 5.74) is 5.02. The van der Waals surface area contributed by atoms with E-state index in [9.17, 15) is 0 Å². The van der Waals surface area contributed by atoms with Gasteiger partial charge >= 0.3 is 0 Å². The summed E-state index contributed by atoms with van der Waals surface area (Å²) in [4.78, 5) is 11.9. The number of fused-ring (bicyclic) bond motifs is 1. The van der Waals surface area contributed by atoms with E-state index in [2.05, 4.69) is 22.1 Å². The van der Waals surface area contributed by atoms with Gasteiger partial charge < -0.3 is 4.98 Å². The number of nitrogens with one attached hydrogen (secondary N) is 1. The van der Waals surface area contributed by atoms with E-state index in [0.29, 0.717) is 0 Å². The molecule has 0 saturated carbocycles. The molecule has 2 aromatic heterocycles. The van der Waals surface area contributed by atoms with E-state index in [4.69, 9.17) is 4.98 Å². The fourth-order valence-electron chi connectivity index (χ4n) is 2.30. The fourth-order valence-corrected chi connectivity index (χ4v) is 2.30. The molecule has 16 heavy (non-hydrogen) atoms. The lowest BCUT2D eigenvalue weighted by molar-refractivity contribution is 0.664. The molecule has 1 aliphatic rings. The Bertz CT molecular complexity index is 474. The third-order valence-electron chi connectivity index (χ3n) is 3.16. The van der Waals surface area contributed by atoms with E-state index < -0.39 is 0 Å². The molecule has 3 rings (SSSR count). The fraction of sp³-hybridized carbons (Fsp3) is 0.385. The lowest BCUT2D eigenvalue weighted by Crippen LogP contribution is -2.07. The summed E-state index contributed by atoms with van der Waals surface area (Å²) in [6.07, 6.45) is 9.38. The third-order valence-corrected chi connectivity index (χ3v) is 3.16.